The molecule has 0 aliphatic carbocycles. The first kappa shape index (κ1) is 8.48. The Morgan fingerprint density at radius 1 is 1.73 bits per heavy atom. The van der Waals surface area contributed by atoms with Gasteiger partial charge in [0, 0.05) is 11.8 Å². The van der Waals surface area contributed by atoms with Crippen molar-refractivity contribution >= 4 is 11.8 Å². The first-order chi connectivity index (χ1) is 5.33. The molecule has 0 saturated heterocycles. The molecule has 1 rings (SSSR count). The lowest BCUT2D eigenvalue weighted by Gasteiger charge is -2.03. The maximum absolute atomic E-state index is 5.43. The SMILES string of the molecule is CC(CN)SCc1nn[nH]n1. The van der Waals surface area contributed by atoms with Crippen LogP contribution in [0.1, 0.15) is 12.7 Å². The van der Waals surface area contributed by atoms with Crippen molar-refractivity contribution in [3.8, 4) is 0 Å². The fraction of sp³-hybridized carbons (Fsp3) is 0.800. The molecule has 1 unspecified atom stereocenters. The minimum Gasteiger partial charge on any atom is -0.329 e. The number of aromatic nitrogens is 4. The van der Waals surface area contributed by atoms with Crippen molar-refractivity contribution in [2.45, 2.75) is 17.9 Å². The Hall–Kier alpha value is -0.620. The Kier molecular flexibility index (Phi) is 3.31. The van der Waals surface area contributed by atoms with Crippen molar-refractivity contribution in [1.29, 1.82) is 0 Å². The molecule has 1 heterocycles. The molecule has 0 fully saturated rings. The van der Waals surface area contributed by atoms with E-state index in [9.17, 15) is 0 Å². The van der Waals surface area contributed by atoms with Gasteiger partial charge in [0.15, 0.2) is 5.82 Å². The second kappa shape index (κ2) is 4.30. The number of rotatable bonds is 4. The van der Waals surface area contributed by atoms with E-state index >= 15 is 0 Å². The number of tetrazole rings is 1. The summed E-state index contributed by atoms with van der Waals surface area (Å²) in [5, 5.41) is 13.9. The molecule has 0 aliphatic heterocycles. The number of H-pyrrole nitrogens is 1. The van der Waals surface area contributed by atoms with Gasteiger partial charge >= 0.3 is 0 Å². The predicted octanol–water partition coefficient (Wildman–Crippen LogP) is -0.220. The number of thioether (sulfide) groups is 1. The van der Waals surface area contributed by atoms with E-state index in [1.54, 1.807) is 11.8 Å². The van der Waals surface area contributed by atoms with Gasteiger partial charge in [0.2, 0.25) is 0 Å². The molecule has 0 aliphatic rings. The maximum atomic E-state index is 5.43. The molecule has 1 atom stereocenters. The van der Waals surface area contributed by atoms with E-state index in [0.29, 0.717) is 11.8 Å². The molecule has 0 aromatic carbocycles. The third kappa shape index (κ3) is 2.85. The van der Waals surface area contributed by atoms with Crippen LogP contribution >= 0.6 is 11.8 Å². The van der Waals surface area contributed by atoms with Crippen LogP contribution in [0.5, 0.6) is 0 Å². The molecular formula is C5H11N5S. The Labute approximate surface area is 69.1 Å². The fourth-order valence-corrected chi connectivity index (χ4v) is 1.22. The summed E-state index contributed by atoms with van der Waals surface area (Å²) in [7, 11) is 0. The summed E-state index contributed by atoms with van der Waals surface area (Å²) in [5.41, 5.74) is 5.43. The number of nitrogens with zero attached hydrogens (tertiary/aromatic N) is 3. The van der Waals surface area contributed by atoms with E-state index in [0.717, 1.165) is 11.6 Å². The Balaban J connectivity index is 2.23. The minimum atomic E-state index is 0.452. The molecule has 6 heteroatoms. The number of nitrogens with one attached hydrogen (secondary N) is 1. The van der Waals surface area contributed by atoms with E-state index in [1.165, 1.54) is 0 Å². The van der Waals surface area contributed by atoms with Crippen LogP contribution in [-0.4, -0.2) is 32.4 Å². The maximum Gasteiger partial charge on any atom is 0.184 e. The summed E-state index contributed by atoms with van der Waals surface area (Å²) in [6.45, 7) is 2.76. The number of aromatic amines is 1. The average molecular weight is 173 g/mol. The zero-order chi connectivity index (χ0) is 8.10. The molecule has 0 spiro atoms. The fourth-order valence-electron chi connectivity index (χ4n) is 0.528. The minimum absolute atomic E-state index is 0.452. The highest BCUT2D eigenvalue weighted by Crippen LogP contribution is 2.12. The van der Waals surface area contributed by atoms with E-state index in [4.69, 9.17) is 5.73 Å². The van der Waals surface area contributed by atoms with E-state index in [-0.39, 0.29) is 0 Å². The summed E-state index contributed by atoms with van der Waals surface area (Å²) in [4.78, 5) is 0. The molecule has 5 nitrogen and oxygen atoms in total. The van der Waals surface area contributed by atoms with Gasteiger partial charge in [-0.25, -0.2) is 0 Å². The van der Waals surface area contributed by atoms with Gasteiger partial charge in [-0.15, -0.1) is 22.0 Å². The Morgan fingerprint density at radius 2 is 2.55 bits per heavy atom. The molecule has 0 amide bonds. The molecule has 1 aromatic rings. The molecular weight excluding hydrogens is 162 g/mol. The quantitative estimate of drug-likeness (QED) is 0.658. The molecule has 1 aromatic heterocycles. The molecule has 0 radical (unpaired) electrons. The lowest BCUT2D eigenvalue weighted by atomic mass is 10.5. The van der Waals surface area contributed by atoms with Crippen molar-refractivity contribution < 1.29 is 0 Å². The van der Waals surface area contributed by atoms with E-state index in [2.05, 4.69) is 27.5 Å². The summed E-state index contributed by atoms with van der Waals surface area (Å²) in [5.74, 6) is 1.50. The van der Waals surface area contributed by atoms with Gasteiger partial charge in [-0.1, -0.05) is 12.1 Å². The van der Waals surface area contributed by atoms with Gasteiger partial charge in [0.25, 0.3) is 0 Å². The zero-order valence-electron chi connectivity index (χ0n) is 6.32. The topological polar surface area (TPSA) is 80.5 Å². The van der Waals surface area contributed by atoms with Gasteiger partial charge in [-0.2, -0.15) is 5.21 Å². The van der Waals surface area contributed by atoms with Crippen molar-refractivity contribution in [3.05, 3.63) is 5.82 Å². The number of hydrogen-bond donors (Lipinski definition) is 2. The summed E-state index contributed by atoms with van der Waals surface area (Å²) >= 11 is 1.72. The van der Waals surface area contributed by atoms with Crippen LogP contribution in [-0.2, 0) is 5.75 Å². The van der Waals surface area contributed by atoms with E-state index < -0.39 is 0 Å². The molecule has 11 heavy (non-hydrogen) atoms. The van der Waals surface area contributed by atoms with E-state index in [1.807, 2.05) is 0 Å². The van der Waals surface area contributed by atoms with Crippen LogP contribution in [0.3, 0.4) is 0 Å². The van der Waals surface area contributed by atoms with Crippen molar-refractivity contribution in [2.75, 3.05) is 6.54 Å². The van der Waals surface area contributed by atoms with Crippen LogP contribution in [0.2, 0.25) is 0 Å². The lowest BCUT2D eigenvalue weighted by Crippen LogP contribution is -2.12. The molecule has 62 valence electrons. The van der Waals surface area contributed by atoms with Crippen molar-refractivity contribution in [3.63, 3.8) is 0 Å². The Morgan fingerprint density at radius 3 is 3.09 bits per heavy atom. The molecule has 3 N–H and O–H groups in total. The summed E-state index contributed by atoms with van der Waals surface area (Å²) in [6, 6.07) is 0. The third-order valence-corrected chi connectivity index (χ3v) is 2.40. The van der Waals surface area contributed by atoms with Crippen LogP contribution in [0.25, 0.3) is 0 Å². The monoisotopic (exact) mass is 173 g/mol. The zero-order valence-corrected chi connectivity index (χ0v) is 7.14. The lowest BCUT2D eigenvalue weighted by molar-refractivity contribution is 0.881. The van der Waals surface area contributed by atoms with Crippen molar-refractivity contribution in [1.82, 2.24) is 20.6 Å². The van der Waals surface area contributed by atoms with Gasteiger partial charge in [0.1, 0.15) is 0 Å². The van der Waals surface area contributed by atoms with Gasteiger partial charge in [-0.05, 0) is 0 Å². The predicted molar refractivity (Wildman–Crippen MR) is 44.0 cm³/mol. The van der Waals surface area contributed by atoms with Gasteiger partial charge < -0.3 is 5.73 Å². The van der Waals surface area contributed by atoms with Gasteiger partial charge in [0.05, 0.1) is 5.75 Å². The van der Waals surface area contributed by atoms with Crippen LogP contribution in [0.15, 0.2) is 0 Å². The van der Waals surface area contributed by atoms with Crippen LogP contribution in [0.4, 0.5) is 0 Å². The smallest absolute Gasteiger partial charge is 0.184 e. The normalized spacial score (nSPS) is 13.3. The van der Waals surface area contributed by atoms with Crippen molar-refractivity contribution in [2.24, 2.45) is 5.73 Å². The highest BCUT2D eigenvalue weighted by Gasteiger charge is 2.02. The largest absolute Gasteiger partial charge is 0.329 e. The highest BCUT2D eigenvalue weighted by molar-refractivity contribution is 7.99. The molecule has 0 saturated carbocycles. The first-order valence-corrected chi connectivity index (χ1v) is 4.41. The Bertz CT molecular complexity index is 187. The second-order valence-corrected chi connectivity index (χ2v) is 3.61. The highest BCUT2D eigenvalue weighted by atomic mass is 32.2. The first-order valence-electron chi connectivity index (χ1n) is 3.37. The second-order valence-electron chi connectivity index (χ2n) is 2.19. The molecule has 0 bridgehead atoms. The number of nitrogens with two attached hydrogens (primary N) is 1. The average Bonchev–Trinajstić information content (AvgIpc) is 2.52. The third-order valence-electron chi connectivity index (χ3n) is 1.22. The van der Waals surface area contributed by atoms with Gasteiger partial charge in [-0.3, -0.25) is 0 Å². The number of hydrogen-bond acceptors (Lipinski definition) is 5. The van der Waals surface area contributed by atoms with Crippen LogP contribution < -0.4 is 5.73 Å². The van der Waals surface area contributed by atoms with Crippen LogP contribution in [0, 0.1) is 0 Å². The summed E-state index contributed by atoms with van der Waals surface area (Å²) < 4.78 is 0. The standard InChI is InChI=1S/C5H11N5S/c1-4(2-6)11-3-5-7-9-10-8-5/h4H,2-3,6H2,1H3,(H,7,8,9,10). The summed E-state index contributed by atoms with van der Waals surface area (Å²) in [6.07, 6.45) is 0.